The molecule has 0 aliphatic carbocycles. The van der Waals surface area contributed by atoms with Crippen molar-refractivity contribution in [2.75, 3.05) is 6.54 Å². The van der Waals surface area contributed by atoms with Gasteiger partial charge in [-0.1, -0.05) is 73.5 Å². The topological polar surface area (TPSA) is 36.4 Å². The Morgan fingerprint density at radius 1 is 0.917 bits per heavy atom. The van der Waals surface area contributed by atoms with Crippen LogP contribution >= 0.6 is 17.0 Å². The van der Waals surface area contributed by atoms with Crippen molar-refractivity contribution in [3.05, 3.63) is 71.3 Å². The van der Waals surface area contributed by atoms with Gasteiger partial charge in [-0.05, 0) is 24.5 Å². The van der Waals surface area contributed by atoms with E-state index in [0.717, 1.165) is 25.5 Å². The van der Waals surface area contributed by atoms with Crippen LogP contribution in [0, 0.1) is 6.92 Å². The molecule has 24 heavy (non-hydrogen) atoms. The number of nitrogens with zero attached hydrogens (tertiary/aromatic N) is 1. The molecule has 2 rings (SSSR count). The largest absolute Gasteiger partial charge is 0.356 e. The smallest absolute Gasteiger partial charge is 0.191 e. The van der Waals surface area contributed by atoms with Gasteiger partial charge in [-0.3, -0.25) is 0 Å². The molecular formula is C20H28BrN3. The van der Waals surface area contributed by atoms with Crippen LogP contribution in [0.15, 0.2) is 59.6 Å². The van der Waals surface area contributed by atoms with Gasteiger partial charge in [0, 0.05) is 13.1 Å². The molecule has 0 aliphatic rings. The maximum atomic E-state index is 4.69. The van der Waals surface area contributed by atoms with Gasteiger partial charge in [0.2, 0.25) is 0 Å². The lowest BCUT2D eigenvalue weighted by molar-refractivity contribution is 0.724. The molecule has 0 aromatic heterocycles. The SMILES string of the molecule is Br.CCCCNC(=NCc1ccccc1)NCc1ccc(C)cc1. The lowest BCUT2D eigenvalue weighted by Crippen LogP contribution is -2.37. The van der Waals surface area contributed by atoms with Crippen molar-refractivity contribution in [1.29, 1.82) is 0 Å². The molecule has 2 aromatic rings. The molecule has 2 N–H and O–H groups in total. The Kier molecular flexibility index (Phi) is 9.85. The van der Waals surface area contributed by atoms with E-state index in [1.54, 1.807) is 0 Å². The molecule has 130 valence electrons. The lowest BCUT2D eigenvalue weighted by Gasteiger charge is -2.13. The number of guanidine groups is 1. The van der Waals surface area contributed by atoms with Crippen molar-refractivity contribution < 1.29 is 0 Å². The van der Waals surface area contributed by atoms with Gasteiger partial charge in [-0.25, -0.2) is 4.99 Å². The maximum Gasteiger partial charge on any atom is 0.191 e. The lowest BCUT2D eigenvalue weighted by atomic mass is 10.1. The molecule has 0 spiro atoms. The molecular weight excluding hydrogens is 362 g/mol. The molecule has 2 aromatic carbocycles. The number of aliphatic imine (C=N–C) groups is 1. The Balaban J connectivity index is 0.00000288. The summed E-state index contributed by atoms with van der Waals surface area (Å²) in [6.45, 7) is 6.73. The van der Waals surface area contributed by atoms with Gasteiger partial charge in [0.1, 0.15) is 0 Å². The van der Waals surface area contributed by atoms with E-state index in [1.807, 2.05) is 6.07 Å². The average Bonchev–Trinajstić information content (AvgIpc) is 2.59. The summed E-state index contributed by atoms with van der Waals surface area (Å²) in [6.07, 6.45) is 2.33. The first-order valence-corrected chi connectivity index (χ1v) is 8.39. The van der Waals surface area contributed by atoms with Crippen molar-refractivity contribution in [2.45, 2.75) is 39.8 Å². The van der Waals surface area contributed by atoms with Crippen LogP contribution in [0.2, 0.25) is 0 Å². The third-order valence-electron chi connectivity index (χ3n) is 3.67. The monoisotopic (exact) mass is 389 g/mol. The van der Waals surface area contributed by atoms with Crippen LogP contribution in [0.5, 0.6) is 0 Å². The summed E-state index contributed by atoms with van der Waals surface area (Å²) in [5.41, 5.74) is 3.77. The molecule has 0 aliphatic heterocycles. The van der Waals surface area contributed by atoms with Crippen LogP contribution in [0.25, 0.3) is 0 Å². The number of halogens is 1. The minimum absolute atomic E-state index is 0. The second kappa shape index (κ2) is 11.7. The van der Waals surface area contributed by atoms with Gasteiger partial charge < -0.3 is 10.6 Å². The molecule has 0 amide bonds. The van der Waals surface area contributed by atoms with E-state index in [2.05, 4.69) is 73.0 Å². The summed E-state index contributed by atoms with van der Waals surface area (Å²) in [5, 5.41) is 6.83. The van der Waals surface area contributed by atoms with Crippen LogP contribution < -0.4 is 10.6 Å². The number of rotatable bonds is 7. The quantitative estimate of drug-likeness (QED) is 0.412. The number of hydrogen-bond donors (Lipinski definition) is 2. The molecule has 0 heterocycles. The van der Waals surface area contributed by atoms with Gasteiger partial charge in [-0.2, -0.15) is 0 Å². The second-order valence-electron chi connectivity index (χ2n) is 5.77. The number of aryl methyl sites for hydroxylation is 1. The minimum atomic E-state index is 0. The minimum Gasteiger partial charge on any atom is -0.356 e. The van der Waals surface area contributed by atoms with E-state index >= 15 is 0 Å². The molecule has 0 unspecified atom stereocenters. The van der Waals surface area contributed by atoms with E-state index < -0.39 is 0 Å². The van der Waals surface area contributed by atoms with E-state index in [1.165, 1.54) is 23.1 Å². The van der Waals surface area contributed by atoms with Crippen LogP contribution in [-0.2, 0) is 13.1 Å². The molecule has 0 radical (unpaired) electrons. The Bertz CT molecular complexity index is 594. The molecule has 0 bridgehead atoms. The molecule has 0 atom stereocenters. The van der Waals surface area contributed by atoms with Gasteiger partial charge >= 0.3 is 0 Å². The summed E-state index contributed by atoms with van der Waals surface area (Å²) in [4.78, 5) is 4.69. The van der Waals surface area contributed by atoms with E-state index in [4.69, 9.17) is 4.99 Å². The summed E-state index contributed by atoms with van der Waals surface area (Å²) in [6, 6.07) is 18.9. The fourth-order valence-corrected chi connectivity index (χ4v) is 2.20. The summed E-state index contributed by atoms with van der Waals surface area (Å²) < 4.78 is 0. The number of unbranched alkanes of at least 4 members (excludes halogenated alkanes) is 1. The van der Waals surface area contributed by atoms with Gasteiger partial charge in [-0.15, -0.1) is 17.0 Å². The fraction of sp³-hybridized carbons (Fsp3) is 0.350. The van der Waals surface area contributed by atoms with Crippen molar-refractivity contribution in [3.8, 4) is 0 Å². The van der Waals surface area contributed by atoms with Crippen LogP contribution in [-0.4, -0.2) is 12.5 Å². The number of hydrogen-bond acceptors (Lipinski definition) is 1. The van der Waals surface area contributed by atoms with E-state index in [-0.39, 0.29) is 17.0 Å². The van der Waals surface area contributed by atoms with Crippen LogP contribution in [0.3, 0.4) is 0 Å². The van der Waals surface area contributed by atoms with Crippen molar-refractivity contribution >= 4 is 22.9 Å². The van der Waals surface area contributed by atoms with Gasteiger partial charge in [0.05, 0.1) is 6.54 Å². The Hall–Kier alpha value is -1.81. The predicted octanol–water partition coefficient (Wildman–Crippen LogP) is 4.61. The van der Waals surface area contributed by atoms with Gasteiger partial charge in [0.25, 0.3) is 0 Å². The van der Waals surface area contributed by atoms with Crippen molar-refractivity contribution in [1.82, 2.24) is 10.6 Å². The zero-order valence-corrected chi connectivity index (χ0v) is 16.3. The van der Waals surface area contributed by atoms with Crippen LogP contribution in [0.4, 0.5) is 0 Å². The van der Waals surface area contributed by atoms with E-state index in [0.29, 0.717) is 6.54 Å². The molecule has 3 nitrogen and oxygen atoms in total. The third-order valence-corrected chi connectivity index (χ3v) is 3.67. The maximum absolute atomic E-state index is 4.69. The molecule has 4 heteroatoms. The first kappa shape index (κ1) is 20.2. The van der Waals surface area contributed by atoms with Crippen LogP contribution in [0.1, 0.15) is 36.5 Å². The highest BCUT2D eigenvalue weighted by atomic mass is 79.9. The highest BCUT2D eigenvalue weighted by Crippen LogP contribution is 2.03. The van der Waals surface area contributed by atoms with Crippen molar-refractivity contribution in [2.24, 2.45) is 4.99 Å². The first-order valence-electron chi connectivity index (χ1n) is 8.39. The predicted molar refractivity (Wildman–Crippen MR) is 109 cm³/mol. The second-order valence-corrected chi connectivity index (χ2v) is 5.77. The summed E-state index contributed by atoms with van der Waals surface area (Å²) in [7, 11) is 0. The normalized spacial score (nSPS) is 10.8. The third kappa shape index (κ3) is 7.64. The Labute approximate surface area is 156 Å². The zero-order valence-electron chi connectivity index (χ0n) is 14.6. The highest BCUT2D eigenvalue weighted by molar-refractivity contribution is 8.93. The van der Waals surface area contributed by atoms with E-state index in [9.17, 15) is 0 Å². The Morgan fingerprint density at radius 2 is 1.62 bits per heavy atom. The Morgan fingerprint density at radius 3 is 2.29 bits per heavy atom. The number of nitrogens with one attached hydrogen (secondary N) is 2. The summed E-state index contributed by atoms with van der Waals surface area (Å²) in [5.74, 6) is 0.878. The van der Waals surface area contributed by atoms with Crippen molar-refractivity contribution in [3.63, 3.8) is 0 Å². The highest BCUT2D eigenvalue weighted by Gasteiger charge is 1.99. The standard InChI is InChI=1S/C20H27N3.BrH/c1-3-4-14-21-20(22-15-18-8-6-5-7-9-18)23-16-19-12-10-17(2)11-13-19;/h5-13H,3-4,14-16H2,1-2H3,(H2,21,22,23);1H. The average molecular weight is 390 g/mol. The number of benzene rings is 2. The molecule has 0 saturated carbocycles. The zero-order chi connectivity index (χ0) is 16.3. The first-order chi connectivity index (χ1) is 11.3. The molecule has 0 saturated heterocycles. The van der Waals surface area contributed by atoms with Gasteiger partial charge in [0.15, 0.2) is 5.96 Å². The fourth-order valence-electron chi connectivity index (χ4n) is 2.20. The summed E-state index contributed by atoms with van der Waals surface area (Å²) >= 11 is 0. The molecule has 0 fully saturated rings.